The molecule has 3 aliphatic rings. The van der Waals surface area contributed by atoms with Gasteiger partial charge < -0.3 is 9.84 Å². The zero-order valence-corrected chi connectivity index (χ0v) is 16.0. The molecule has 5 heteroatoms. The Morgan fingerprint density at radius 3 is 2.65 bits per heavy atom. The monoisotopic (exact) mass is 359 g/mol. The normalized spacial score (nSPS) is 42.5. The van der Waals surface area contributed by atoms with Crippen molar-refractivity contribution in [3.05, 3.63) is 11.8 Å². The lowest BCUT2D eigenvalue weighted by atomic mass is 9.50. The second-order valence-corrected chi connectivity index (χ2v) is 8.85. The number of carbonyl (C=O) groups is 2. The van der Waals surface area contributed by atoms with Gasteiger partial charge in [-0.05, 0) is 55.3 Å². The standard InChI is InChI=1S/C21H29NO4/c1-20-10-7-16(21(2)9-6-13(23)12-18(21)24)14(8-11-22)15(20)4-5-17(20)19(25)26-3/h12,14-17,23H,4-10H2,1-3H3/t14-,15-,16-,17+,20-,21+/m0/s1. The van der Waals surface area contributed by atoms with Crippen LogP contribution in [-0.4, -0.2) is 24.0 Å². The van der Waals surface area contributed by atoms with E-state index in [4.69, 9.17) is 4.74 Å². The number of ether oxygens (including phenoxy) is 1. The van der Waals surface area contributed by atoms with Gasteiger partial charge in [0.15, 0.2) is 5.78 Å². The van der Waals surface area contributed by atoms with E-state index in [1.54, 1.807) is 0 Å². The number of hydrogen-bond donors (Lipinski definition) is 1. The van der Waals surface area contributed by atoms with Crippen LogP contribution in [-0.2, 0) is 14.3 Å². The number of fused-ring (bicyclic) bond motifs is 1. The van der Waals surface area contributed by atoms with E-state index in [2.05, 4.69) is 13.0 Å². The zero-order chi connectivity index (χ0) is 19.1. The summed E-state index contributed by atoms with van der Waals surface area (Å²) in [6.45, 7) is 4.17. The van der Waals surface area contributed by atoms with Crippen molar-refractivity contribution in [2.75, 3.05) is 7.11 Å². The van der Waals surface area contributed by atoms with Crippen molar-refractivity contribution in [2.45, 2.75) is 58.8 Å². The number of carbonyl (C=O) groups excluding carboxylic acids is 2. The first-order valence-corrected chi connectivity index (χ1v) is 9.66. The van der Waals surface area contributed by atoms with Gasteiger partial charge in [-0.1, -0.05) is 13.8 Å². The number of allylic oxidation sites excluding steroid dienone is 2. The van der Waals surface area contributed by atoms with Crippen molar-refractivity contribution in [1.82, 2.24) is 0 Å². The van der Waals surface area contributed by atoms with Gasteiger partial charge >= 0.3 is 5.97 Å². The molecule has 6 atom stereocenters. The molecule has 26 heavy (non-hydrogen) atoms. The zero-order valence-electron chi connectivity index (χ0n) is 16.0. The molecule has 5 nitrogen and oxygen atoms in total. The van der Waals surface area contributed by atoms with E-state index >= 15 is 0 Å². The van der Waals surface area contributed by atoms with Crippen LogP contribution >= 0.6 is 0 Å². The minimum atomic E-state index is -0.529. The third kappa shape index (κ3) is 2.74. The molecular weight excluding hydrogens is 330 g/mol. The van der Waals surface area contributed by atoms with Crippen LogP contribution in [0, 0.1) is 45.8 Å². The molecule has 2 saturated carbocycles. The molecule has 0 bridgehead atoms. The summed E-state index contributed by atoms with van der Waals surface area (Å²) in [6, 6.07) is 2.34. The van der Waals surface area contributed by atoms with Crippen molar-refractivity contribution in [2.24, 2.45) is 34.5 Å². The maximum Gasteiger partial charge on any atom is 0.309 e. The molecule has 0 amide bonds. The molecule has 3 rings (SSSR count). The molecule has 0 unspecified atom stereocenters. The lowest BCUT2D eigenvalue weighted by molar-refractivity contribution is -0.153. The van der Waals surface area contributed by atoms with Gasteiger partial charge in [0.25, 0.3) is 0 Å². The molecule has 142 valence electrons. The Bertz CT molecular complexity index is 678. The van der Waals surface area contributed by atoms with E-state index in [-0.39, 0.29) is 46.6 Å². The first-order valence-electron chi connectivity index (χ1n) is 9.66. The predicted octanol–water partition coefficient (Wildman–Crippen LogP) is 3.94. The Balaban J connectivity index is 1.93. The van der Waals surface area contributed by atoms with Crippen molar-refractivity contribution in [1.29, 1.82) is 5.26 Å². The van der Waals surface area contributed by atoms with E-state index in [0.717, 1.165) is 25.7 Å². The SMILES string of the molecule is COC(=O)[C@H]1CC[C@H]2[C@H](CC#N)[C@@H]([C@@]3(C)CCC(O)=CC3=O)CC[C@]12C. The Kier molecular flexibility index (Phi) is 4.90. The number of hydrogen-bond acceptors (Lipinski definition) is 5. The lowest BCUT2D eigenvalue weighted by Crippen LogP contribution is -2.50. The van der Waals surface area contributed by atoms with Crippen molar-refractivity contribution < 1.29 is 19.4 Å². The van der Waals surface area contributed by atoms with Gasteiger partial charge in [0.2, 0.25) is 0 Å². The highest BCUT2D eigenvalue weighted by Crippen LogP contribution is 2.63. The number of methoxy groups -OCH3 is 1. The third-order valence-corrected chi connectivity index (χ3v) is 7.83. The van der Waals surface area contributed by atoms with Crippen LogP contribution in [0.1, 0.15) is 58.8 Å². The van der Waals surface area contributed by atoms with E-state index in [9.17, 15) is 20.0 Å². The molecular formula is C21H29NO4. The lowest BCUT2D eigenvalue weighted by Gasteiger charge is -2.52. The third-order valence-electron chi connectivity index (χ3n) is 7.83. The van der Waals surface area contributed by atoms with E-state index in [1.165, 1.54) is 13.2 Å². The fourth-order valence-corrected chi connectivity index (χ4v) is 6.27. The van der Waals surface area contributed by atoms with Crippen LogP contribution in [0.5, 0.6) is 0 Å². The Labute approximate surface area is 155 Å². The van der Waals surface area contributed by atoms with Gasteiger partial charge in [-0.3, -0.25) is 9.59 Å². The minimum absolute atomic E-state index is 0.0136. The molecule has 1 N–H and O–H groups in total. The van der Waals surface area contributed by atoms with Gasteiger partial charge in [0.1, 0.15) is 0 Å². The maximum atomic E-state index is 12.8. The molecule has 2 fully saturated rings. The molecule has 0 radical (unpaired) electrons. The quantitative estimate of drug-likeness (QED) is 0.771. The maximum absolute atomic E-state index is 12.8. The Hall–Kier alpha value is -1.83. The number of aliphatic hydroxyl groups excluding tert-OH is 1. The van der Waals surface area contributed by atoms with Gasteiger partial charge in [-0.25, -0.2) is 0 Å². The van der Waals surface area contributed by atoms with Gasteiger partial charge in [0.05, 0.1) is 24.9 Å². The van der Waals surface area contributed by atoms with E-state index in [0.29, 0.717) is 19.3 Å². The molecule has 0 aromatic heterocycles. The molecule has 0 saturated heterocycles. The summed E-state index contributed by atoms with van der Waals surface area (Å²) in [4.78, 5) is 25.1. The van der Waals surface area contributed by atoms with E-state index < -0.39 is 5.41 Å². The van der Waals surface area contributed by atoms with Crippen molar-refractivity contribution in [3.8, 4) is 6.07 Å². The highest BCUT2D eigenvalue weighted by Gasteiger charge is 2.59. The van der Waals surface area contributed by atoms with Gasteiger partial charge in [-0.15, -0.1) is 0 Å². The number of rotatable bonds is 3. The average molecular weight is 359 g/mol. The van der Waals surface area contributed by atoms with Crippen LogP contribution in [0.2, 0.25) is 0 Å². The summed E-state index contributed by atoms with van der Waals surface area (Å²) >= 11 is 0. The summed E-state index contributed by atoms with van der Waals surface area (Å²) in [5, 5.41) is 19.2. The van der Waals surface area contributed by atoms with Gasteiger partial charge in [-0.2, -0.15) is 5.26 Å². The minimum Gasteiger partial charge on any atom is -0.512 e. The second kappa shape index (κ2) is 6.72. The molecule has 0 aromatic carbocycles. The number of ketones is 1. The molecule has 0 aliphatic heterocycles. The molecule has 3 aliphatic carbocycles. The fourth-order valence-electron chi connectivity index (χ4n) is 6.27. The first kappa shape index (κ1) is 18.9. The smallest absolute Gasteiger partial charge is 0.309 e. The topological polar surface area (TPSA) is 87.4 Å². The van der Waals surface area contributed by atoms with Crippen LogP contribution < -0.4 is 0 Å². The second-order valence-electron chi connectivity index (χ2n) is 8.85. The summed E-state index contributed by atoms with van der Waals surface area (Å²) in [5.41, 5.74) is -0.685. The van der Waals surface area contributed by atoms with Gasteiger partial charge in [0, 0.05) is 24.3 Å². The van der Waals surface area contributed by atoms with Crippen LogP contribution in [0.4, 0.5) is 0 Å². The molecule has 0 heterocycles. The van der Waals surface area contributed by atoms with Crippen LogP contribution in [0.25, 0.3) is 0 Å². The first-order chi connectivity index (χ1) is 12.3. The average Bonchev–Trinajstić information content (AvgIpc) is 2.96. The molecule has 0 aromatic rings. The predicted molar refractivity (Wildman–Crippen MR) is 95.8 cm³/mol. The van der Waals surface area contributed by atoms with Crippen LogP contribution in [0.3, 0.4) is 0 Å². The summed E-state index contributed by atoms with van der Waals surface area (Å²) < 4.78 is 5.04. The van der Waals surface area contributed by atoms with Crippen molar-refractivity contribution >= 4 is 11.8 Å². The highest BCUT2D eigenvalue weighted by atomic mass is 16.5. The van der Waals surface area contributed by atoms with E-state index in [1.807, 2.05) is 6.92 Å². The largest absolute Gasteiger partial charge is 0.512 e. The summed E-state index contributed by atoms with van der Waals surface area (Å²) in [6.07, 6.45) is 6.37. The van der Waals surface area contributed by atoms with Crippen LogP contribution in [0.15, 0.2) is 11.8 Å². The number of esters is 1. The van der Waals surface area contributed by atoms with Crippen molar-refractivity contribution in [3.63, 3.8) is 0 Å². The summed E-state index contributed by atoms with van der Waals surface area (Å²) in [5.74, 6) is 0.380. The summed E-state index contributed by atoms with van der Waals surface area (Å²) in [7, 11) is 1.44. The Morgan fingerprint density at radius 1 is 1.31 bits per heavy atom. The fraction of sp³-hybridized carbons (Fsp3) is 0.762. The highest BCUT2D eigenvalue weighted by molar-refractivity contribution is 5.96. The number of nitrogens with zero attached hydrogens (tertiary/aromatic N) is 1. The number of aliphatic hydroxyl groups is 1. The Morgan fingerprint density at radius 2 is 2.04 bits per heavy atom. The number of nitriles is 1. The molecule has 0 spiro atoms.